The van der Waals surface area contributed by atoms with Crippen LogP contribution < -0.4 is 5.32 Å². The Morgan fingerprint density at radius 3 is 2.28 bits per heavy atom. The minimum Gasteiger partial charge on any atom is -0.356 e. The van der Waals surface area contributed by atoms with Crippen molar-refractivity contribution >= 4 is 22.1 Å². The lowest BCUT2D eigenvalue weighted by Crippen LogP contribution is -1.92. The molecule has 25 heavy (non-hydrogen) atoms. The Hall–Kier alpha value is -2.28. The van der Waals surface area contributed by atoms with Gasteiger partial charge in [-0.3, -0.25) is 0 Å². The van der Waals surface area contributed by atoms with Gasteiger partial charge in [-0.25, -0.2) is 0 Å². The molecule has 1 heteroatoms. The van der Waals surface area contributed by atoms with Crippen LogP contribution in [0, 0.1) is 0 Å². The van der Waals surface area contributed by atoms with Crippen LogP contribution in [0.2, 0.25) is 0 Å². The van der Waals surface area contributed by atoms with Crippen LogP contribution in [0.5, 0.6) is 0 Å². The molecule has 1 nitrogen and oxygen atoms in total. The van der Waals surface area contributed by atoms with E-state index in [4.69, 9.17) is 0 Å². The Kier molecular flexibility index (Phi) is 6.50. The number of fused-ring (bicyclic) bond motifs is 1. The first-order valence-electron chi connectivity index (χ1n) is 9.70. The molecule has 130 valence electrons. The van der Waals surface area contributed by atoms with E-state index in [0.717, 1.165) is 5.69 Å². The maximum Gasteiger partial charge on any atom is 0.0390 e. The quantitative estimate of drug-likeness (QED) is 0.400. The van der Waals surface area contributed by atoms with Crippen LogP contribution in [0.3, 0.4) is 0 Å². The van der Waals surface area contributed by atoms with E-state index in [1.165, 1.54) is 67.0 Å². The van der Waals surface area contributed by atoms with E-state index in [9.17, 15) is 0 Å². The third-order valence-electron chi connectivity index (χ3n) is 4.78. The molecule has 3 rings (SSSR count). The van der Waals surface area contributed by atoms with Crippen molar-refractivity contribution in [1.29, 1.82) is 0 Å². The molecule has 0 aliphatic carbocycles. The lowest BCUT2D eigenvalue weighted by Gasteiger charge is -2.10. The van der Waals surface area contributed by atoms with Crippen LogP contribution in [-0.4, -0.2) is 0 Å². The van der Waals surface area contributed by atoms with Gasteiger partial charge in [-0.15, -0.1) is 0 Å². The molecular weight excluding hydrogens is 302 g/mol. The van der Waals surface area contributed by atoms with Gasteiger partial charge in [0.05, 0.1) is 0 Å². The van der Waals surface area contributed by atoms with Crippen molar-refractivity contribution in [2.45, 2.75) is 51.9 Å². The second kappa shape index (κ2) is 9.27. The van der Waals surface area contributed by atoms with Crippen LogP contribution in [0.1, 0.15) is 51.0 Å². The molecule has 0 spiro atoms. The van der Waals surface area contributed by atoms with Crippen molar-refractivity contribution in [3.8, 4) is 0 Å². The fourth-order valence-electron chi connectivity index (χ4n) is 3.35. The van der Waals surface area contributed by atoms with Gasteiger partial charge < -0.3 is 5.32 Å². The van der Waals surface area contributed by atoms with Crippen LogP contribution in [-0.2, 0) is 6.42 Å². The highest BCUT2D eigenvalue weighted by atomic mass is 14.9. The van der Waals surface area contributed by atoms with Gasteiger partial charge in [0, 0.05) is 11.4 Å². The first kappa shape index (κ1) is 17.5. The summed E-state index contributed by atoms with van der Waals surface area (Å²) in [6.45, 7) is 2.27. The Morgan fingerprint density at radius 2 is 1.40 bits per heavy atom. The van der Waals surface area contributed by atoms with Gasteiger partial charge in [0.15, 0.2) is 0 Å². The Morgan fingerprint density at radius 1 is 0.640 bits per heavy atom. The van der Waals surface area contributed by atoms with Gasteiger partial charge in [0.1, 0.15) is 0 Å². The molecule has 0 fully saturated rings. The number of hydrogen-bond donors (Lipinski definition) is 1. The van der Waals surface area contributed by atoms with Crippen molar-refractivity contribution in [2.24, 2.45) is 0 Å². The molecule has 0 saturated heterocycles. The first-order valence-corrected chi connectivity index (χ1v) is 9.70. The molecule has 3 aromatic rings. The number of rotatable bonds is 9. The highest BCUT2D eigenvalue weighted by Crippen LogP contribution is 2.23. The summed E-state index contributed by atoms with van der Waals surface area (Å²) in [5, 5.41) is 6.11. The Labute approximate surface area is 152 Å². The number of nitrogens with one attached hydrogen (secondary N) is 1. The van der Waals surface area contributed by atoms with Crippen molar-refractivity contribution in [2.75, 3.05) is 5.32 Å². The maximum atomic E-state index is 3.55. The van der Waals surface area contributed by atoms with Crippen LogP contribution in [0.25, 0.3) is 10.8 Å². The zero-order chi connectivity index (χ0) is 17.3. The molecule has 1 N–H and O–H groups in total. The van der Waals surface area contributed by atoms with Gasteiger partial charge in [0.2, 0.25) is 0 Å². The number of hydrogen-bond acceptors (Lipinski definition) is 1. The second-order valence-corrected chi connectivity index (χ2v) is 6.91. The lowest BCUT2D eigenvalue weighted by molar-refractivity contribution is 0.607. The number of benzene rings is 3. The fraction of sp³-hybridized carbons (Fsp3) is 0.333. The van der Waals surface area contributed by atoms with E-state index in [2.05, 4.69) is 79.0 Å². The summed E-state index contributed by atoms with van der Waals surface area (Å²) in [6.07, 6.45) is 9.29. The van der Waals surface area contributed by atoms with Crippen molar-refractivity contribution in [1.82, 2.24) is 0 Å². The SMILES string of the molecule is CCCCCCCCc1cccc(Nc2ccc3ccccc3c2)c1. The summed E-state index contributed by atoms with van der Waals surface area (Å²) < 4.78 is 0. The smallest absolute Gasteiger partial charge is 0.0390 e. The van der Waals surface area contributed by atoms with Gasteiger partial charge in [-0.05, 0) is 53.4 Å². The van der Waals surface area contributed by atoms with Crippen molar-refractivity contribution in [3.63, 3.8) is 0 Å². The lowest BCUT2D eigenvalue weighted by atomic mass is 10.0. The van der Waals surface area contributed by atoms with E-state index in [1.54, 1.807) is 0 Å². The summed E-state index contributed by atoms with van der Waals surface area (Å²) in [7, 11) is 0. The Bertz CT molecular complexity index is 791. The van der Waals surface area contributed by atoms with Gasteiger partial charge in [-0.1, -0.05) is 81.5 Å². The summed E-state index contributed by atoms with van der Waals surface area (Å²) in [6, 6.07) is 23.9. The normalized spacial score (nSPS) is 10.9. The summed E-state index contributed by atoms with van der Waals surface area (Å²) in [4.78, 5) is 0. The summed E-state index contributed by atoms with van der Waals surface area (Å²) in [5.74, 6) is 0. The van der Waals surface area contributed by atoms with E-state index < -0.39 is 0 Å². The standard InChI is InChI=1S/C24H29N/c1-2-3-4-5-6-7-11-20-12-10-15-23(18-20)25-24-17-16-21-13-8-9-14-22(21)19-24/h8-10,12-19,25H,2-7,11H2,1H3. The number of unbranched alkanes of at least 4 members (excludes halogenated alkanes) is 5. The third-order valence-corrected chi connectivity index (χ3v) is 4.78. The Balaban J connectivity index is 1.57. The van der Waals surface area contributed by atoms with Crippen LogP contribution >= 0.6 is 0 Å². The van der Waals surface area contributed by atoms with Crippen LogP contribution in [0.4, 0.5) is 11.4 Å². The highest BCUT2D eigenvalue weighted by Gasteiger charge is 2.00. The summed E-state index contributed by atoms with van der Waals surface area (Å²) >= 11 is 0. The predicted molar refractivity (Wildman–Crippen MR) is 111 cm³/mol. The number of aryl methyl sites for hydroxylation is 1. The zero-order valence-electron chi connectivity index (χ0n) is 15.3. The molecule has 0 amide bonds. The molecule has 0 unspecified atom stereocenters. The molecule has 0 aliphatic heterocycles. The molecule has 0 aliphatic rings. The summed E-state index contributed by atoms with van der Waals surface area (Å²) in [5.41, 5.74) is 3.76. The molecule has 0 atom stereocenters. The van der Waals surface area contributed by atoms with E-state index in [-0.39, 0.29) is 0 Å². The molecular formula is C24H29N. The molecule has 0 radical (unpaired) electrons. The molecule has 0 aromatic heterocycles. The first-order chi connectivity index (χ1) is 12.3. The van der Waals surface area contributed by atoms with Crippen LogP contribution in [0.15, 0.2) is 66.7 Å². The van der Waals surface area contributed by atoms with Gasteiger partial charge in [0.25, 0.3) is 0 Å². The third kappa shape index (κ3) is 5.35. The molecule has 0 heterocycles. The predicted octanol–water partition coefficient (Wildman–Crippen LogP) is 7.49. The molecule has 3 aromatic carbocycles. The van der Waals surface area contributed by atoms with E-state index in [1.807, 2.05) is 0 Å². The monoisotopic (exact) mass is 331 g/mol. The zero-order valence-corrected chi connectivity index (χ0v) is 15.3. The fourth-order valence-corrected chi connectivity index (χ4v) is 3.35. The average Bonchev–Trinajstić information content (AvgIpc) is 2.65. The average molecular weight is 332 g/mol. The topological polar surface area (TPSA) is 12.0 Å². The van der Waals surface area contributed by atoms with Gasteiger partial charge in [-0.2, -0.15) is 0 Å². The minimum atomic E-state index is 1.15. The second-order valence-electron chi connectivity index (χ2n) is 6.91. The van der Waals surface area contributed by atoms with Crippen molar-refractivity contribution in [3.05, 3.63) is 72.3 Å². The number of anilines is 2. The van der Waals surface area contributed by atoms with Gasteiger partial charge >= 0.3 is 0 Å². The van der Waals surface area contributed by atoms with Crippen molar-refractivity contribution < 1.29 is 0 Å². The molecule has 0 bridgehead atoms. The maximum absolute atomic E-state index is 3.55. The largest absolute Gasteiger partial charge is 0.356 e. The minimum absolute atomic E-state index is 1.15. The van der Waals surface area contributed by atoms with E-state index in [0.29, 0.717) is 0 Å². The highest BCUT2D eigenvalue weighted by molar-refractivity contribution is 5.86. The van der Waals surface area contributed by atoms with E-state index >= 15 is 0 Å². The molecule has 0 saturated carbocycles.